The first-order chi connectivity index (χ1) is 6.79. The van der Waals surface area contributed by atoms with Gasteiger partial charge in [-0.3, -0.25) is 0 Å². The molecule has 0 aliphatic rings. The lowest BCUT2D eigenvalue weighted by atomic mass is 10.2. The Labute approximate surface area is 95.2 Å². The van der Waals surface area contributed by atoms with Crippen molar-refractivity contribution in [2.24, 2.45) is 0 Å². The van der Waals surface area contributed by atoms with Gasteiger partial charge < -0.3 is 0 Å². The van der Waals surface area contributed by atoms with Gasteiger partial charge in [-0.25, -0.2) is 0 Å². The number of hydrogen-bond acceptors (Lipinski definition) is 3. The number of benzene rings is 1. The Bertz CT molecular complexity index is 419. The van der Waals surface area contributed by atoms with Crippen LogP contribution in [0.1, 0.15) is 5.56 Å². The normalized spacial score (nSPS) is 10.4. The van der Waals surface area contributed by atoms with Gasteiger partial charge >= 0.3 is 14.7 Å². The summed E-state index contributed by atoms with van der Waals surface area (Å²) in [6.45, 7) is 2.10. The van der Waals surface area contributed by atoms with Crippen LogP contribution in [0.2, 0.25) is 0 Å². The zero-order valence-corrected chi connectivity index (χ0v) is 10.4. The van der Waals surface area contributed by atoms with Gasteiger partial charge in [0.15, 0.2) is 15.3 Å². The molecule has 2 aromatic rings. The molecule has 1 nitrogen and oxygen atoms in total. The van der Waals surface area contributed by atoms with Crippen LogP contribution in [0, 0.1) is 6.92 Å². The van der Waals surface area contributed by atoms with Crippen LogP contribution in [0.5, 0.6) is 0 Å². The number of aryl methyl sites for hydroxylation is 1. The highest BCUT2D eigenvalue weighted by Gasteiger charge is 2.15. The summed E-state index contributed by atoms with van der Waals surface area (Å²) < 4.78 is 1.14. The number of rotatable bonds is 2. The molecule has 0 fully saturated rings. The summed E-state index contributed by atoms with van der Waals surface area (Å²) in [5.74, 6) is 0. The number of hydrogen-bond donors (Lipinski definition) is 0. The Morgan fingerprint density at radius 2 is 2.00 bits per heavy atom. The molecular formula is C10H10NS3+. The standard InChI is InChI=1S/C10H10NS3/c1-7-3-5-8(6-4-7)9-11-10(12-2)14-13-9/h3-6H,1-2H3/q+1. The van der Waals surface area contributed by atoms with Crippen molar-refractivity contribution in [3.63, 3.8) is 0 Å². The monoisotopic (exact) mass is 240 g/mol. The molecule has 0 spiro atoms. The second-order valence-corrected chi connectivity index (χ2v) is 6.08. The quantitative estimate of drug-likeness (QED) is 0.443. The molecule has 0 bridgehead atoms. The van der Waals surface area contributed by atoms with E-state index in [1.54, 1.807) is 32.4 Å². The largest absolute Gasteiger partial charge is 0.376 e. The van der Waals surface area contributed by atoms with E-state index in [-0.39, 0.29) is 0 Å². The third kappa shape index (κ3) is 2.13. The lowest BCUT2D eigenvalue weighted by Gasteiger charge is -1.93. The molecule has 1 aromatic carbocycles. The molecule has 0 aliphatic carbocycles. The van der Waals surface area contributed by atoms with Crippen LogP contribution in [0.3, 0.4) is 0 Å². The van der Waals surface area contributed by atoms with Crippen molar-refractivity contribution >= 4 is 32.4 Å². The van der Waals surface area contributed by atoms with Crippen LogP contribution in [-0.4, -0.2) is 11.2 Å². The molecule has 72 valence electrons. The SMILES string of the molecule is CSc1nc(-c2ccc(C)cc2)s[s+]1. The number of aromatic nitrogens is 1. The minimum absolute atomic E-state index is 1.12. The van der Waals surface area contributed by atoms with Gasteiger partial charge in [0.05, 0.1) is 0 Å². The van der Waals surface area contributed by atoms with Crippen molar-refractivity contribution in [1.29, 1.82) is 0 Å². The molecule has 4 heteroatoms. The lowest BCUT2D eigenvalue weighted by Crippen LogP contribution is -1.77. The summed E-state index contributed by atoms with van der Waals surface area (Å²) >= 11 is 1.71. The minimum Gasteiger partial charge on any atom is -0.170 e. The summed E-state index contributed by atoms with van der Waals surface area (Å²) in [5, 5.41) is 1.12. The molecule has 14 heavy (non-hydrogen) atoms. The van der Waals surface area contributed by atoms with Gasteiger partial charge in [-0.05, 0) is 24.9 Å². The van der Waals surface area contributed by atoms with E-state index in [2.05, 4.69) is 42.4 Å². The zero-order valence-electron chi connectivity index (χ0n) is 7.98. The van der Waals surface area contributed by atoms with Crippen LogP contribution >= 0.6 is 32.4 Å². The molecule has 0 saturated heterocycles. The van der Waals surface area contributed by atoms with Crippen molar-refractivity contribution in [3.8, 4) is 10.6 Å². The molecule has 0 radical (unpaired) electrons. The van der Waals surface area contributed by atoms with Gasteiger partial charge in [0.1, 0.15) is 0 Å². The summed E-state index contributed by atoms with van der Waals surface area (Å²) in [6, 6.07) is 8.51. The summed E-state index contributed by atoms with van der Waals surface area (Å²) in [4.78, 5) is 4.53. The van der Waals surface area contributed by atoms with Gasteiger partial charge in [-0.15, -0.1) is 0 Å². The molecule has 1 aromatic heterocycles. The highest BCUT2D eigenvalue weighted by Crippen LogP contribution is 2.32. The van der Waals surface area contributed by atoms with E-state index in [0.717, 1.165) is 9.35 Å². The molecule has 0 aliphatic heterocycles. The summed E-state index contributed by atoms with van der Waals surface area (Å²) in [7, 11) is 3.48. The van der Waals surface area contributed by atoms with Crippen molar-refractivity contribution in [2.75, 3.05) is 6.26 Å². The molecule has 0 amide bonds. The summed E-state index contributed by atoms with van der Waals surface area (Å²) in [6.07, 6.45) is 2.06. The van der Waals surface area contributed by atoms with E-state index in [9.17, 15) is 0 Å². The predicted molar refractivity (Wildman–Crippen MR) is 66.4 cm³/mol. The smallest absolute Gasteiger partial charge is 0.170 e. The predicted octanol–water partition coefficient (Wildman–Crippen LogP) is 4.18. The topological polar surface area (TPSA) is 12.9 Å². The maximum absolute atomic E-state index is 4.53. The second kappa shape index (κ2) is 4.38. The molecule has 0 saturated carbocycles. The van der Waals surface area contributed by atoms with Crippen molar-refractivity contribution in [1.82, 2.24) is 4.98 Å². The Balaban J connectivity index is 2.34. The van der Waals surface area contributed by atoms with Gasteiger partial charge in [0, 0.05) is 5.56 Å². The highest BCUT2D eigenvalue weighted by molar-refractivity contribution is 8.02. The average molecular weight is 240 g/mol. The number of thioether (sulfide) groups is 1. The first-order valence-corrected chi connectivity index (χ1v) is 7.58. The molecule has 2 rings (SSSR count). The van der Waals surface area contributed by atoms with E-state index in [1.165, 1.54) is 11.1 Å². The van der Waals surface area contributed by atoms with E-state index < -0.39 is 0 Å². The van der Waals surface area contributed by atoms with Gasteiger partial charge in [0.2, 0.25) is 0 Å². The van der Waals surface area contributed by atoms with Crippen LogP contribution in [0.15, 0.2) is 28.6 Å². The van der Waals surface area contributed by atoms with Crippen LogP contribution < -0.4 is 0 Å². The zero-order chi connectivity index (χ0) is 9.97. The van der Waals surface area contributed by atoms with Gasteiger partial charge in [0.25, 0.3) is 0 Å². The molecule has 1 heterocycles. The third-order valence-electron chi connectivity index (χ3n) is 1.86. The average Bonchev–Trinajstić information content (AvgIpc) is 2.67. The fourth-order valence-corrected chi connectivity index (χ4v) is 4.18. The van der Waals surface area contributed by atoms with Crippen LogP contribution in [0.25, 0.3) is 10.6 Å². The molecule has 0 N–H and O–H groups in total. The molecular weight excluding hydrogens is 230 g/mol. The van der Waals surface area contributed by atoms with Gasteiger partial charge in [-0.1, -0.05) is 29.8 Å². The molecule has 0 atom stereocenters. The molecule has 0 unspecified atom stereocenters. The number of nitrogens with zero attached hydrogens (tertiary/aromatic N) is 1. The fourth-order valence-electron chi connectivity index (χ4n) is 1.08. The van der Waals surface area contributed by atoms with E-state index in [4.69, 9.17) is 0 Å². The maximum atomic E-state index is 4.53. The summed E-state index contributed by atoms with van der Waals surface area (Å²) in [5.41, 5.74) is 2.51. The van der Waals surface area contributed by atoms with E-state index >= 15 is 0 Å². The van der Waals surface area contributed by atoms with Gasteiger partial charge in [-0.2, -0.15) is 4.98 Å². The lowest BCUT2D eigenvalue weighted by molar-refractivity contribution is 1.27. The second-order valence-electron chi connectivity index (χ2n) is 2.92. The maximum Gasteiger partial charge on any atom is 0.376 e. The van der Waals surface area contributed by atoms with Crippen molar-refractivity contribution < 1.29 is 0 Å². The minimum atomic E-state index is 1.12. The first kappa shape index (κ1) is 10.1. The van der Waals surface area contributed by atoms with Crippen molar-refractivity contribution in [3.05, 3.63) is 29.8 Å². The van der Waals surface area contributed by atoms with E-state index in [1.807, 2.05) is 0 Å². The Kier molecular flexibility index (Phi) is 3.15. The van der Waals surface area contributed by atoms with E-state index in [0.29, 0.717) is 0 Å². The Morgan fingerprint density at radius 1 is 1.29 bits per heavy atom. The highest BCUT2D eigenvalue weighted by atomic mass is 32.9. The van der Waals surface area contributed by atoms with Crippen molar-refractivity contribution in [2.45, 2.75) is 11.3 Å². The third-order valence-corrected chi connectivity index (χ3v) is 5.36. The first-order valence-electron chi connectivity index (χ1n) is 4.21. The van der Waals surface area contributed by atoms with Crippen LogP contribution in [0.4, 0.5) is 0 Å². The Morgan fingerprint density at radius 3 is 2.57 bits per heavy atom. The Hall–Kier alpha value is -0.450. The van der Waals surface area contributed by atoms with Crippen LogP contribution in [-0.2, 0) is 0 Å². The fraction of sp³-hybridized carbons (Fsp3) is 0.200.